The smallest absolute Gasteiger partial charge is 0.415 e. The fourth-order valence-electron chi connectivity index (χ4n) is 3.06. The summed E-state index contributed by atoms with van der Waals surface area (Å²) in [6, 6.07) is 5.14. The average molecular weight is 319 g/mol. The van der Waals surface area contributed by atoms with Crippen molar-refractivity contribution in [3.8, 4) is 0 Å². The molecule has 23 heavy (non-hydrogen) atoms. The van der Waals surface area contributed by atoms with E-state index in [1.807, 2.05) is 6.92 Å². The van der Waals surface area contributed by atoms with E-state index in [1.165, 1.54) is 4.90 Å². The highest BCUT2D eigenvalue weighted by molar-refractivity contribution is 5.99. The molecule has 8 heteroatoms. The number of rotatable bonds is 3. The van der Waals surface area contributed by atoms with Crippen molar-refractivity contribution >= 4 is 29.3 Å². The molecular weight excluding hydrogens is 302 g/mol. The van der Waals surface area contributed by atoms with Crippen LogP contribution in [0.15, 0.2) is 18.2 Å². The number of hydrogen-bond donors (Lipinski definition) is 2. The van der Waals surface area contributed by atoms with Crippen LogP contribution in [0.25, 0.3) is 0 Å². The average Bonchev–Trinajstić information content (AvgIpc) is 3.05. The van der Waals surface area contributed by atoms with Gasteiger partial charge in [-0.3, -0.25) is 14.5 Å². The van der Waals surface area contributed by atoms with Gasteiger partial charge < -0.3 is 20.5 Å². The number of carbonyl (C=O) groups is 3. The molecule has 0 aromatic heterocycles. The summed E-state index contributed by atoms with van der Waals surface area (Å²) in [4.78, 5) is 37.8. The van der Waals surface area contributed by atoms with E-state index >= 15 is 0 Å². The topological polar surface area (TPSA) is 113 Å². The SMILES string of the molecule is C[C@@H]1Cc2cc(N3CC(C(N)=O)OC3=O)ccc2N1C(=O)CO. The number of benzene rings is 1. The van der Waals surface area contributed by atoms with Gasteiger partial charge in [-0.25, -0.2) is 4.79 Å². The Morgan fingerprint density at radius 1 is 1.43 bits per heavy atom. The molecule has 8 nitrogen and oxygen atoms in total. The Morgan fingerprint density at radius 3 is 2.78 bits per heavy atom. The first-order valence-electron chi connectivity index (χ1n) is 7.25. The van der Waals surface area contributed by atoms with Crippen molar-refractivity contribution in [1.82, 2.24) is 0 Å². The number of amides is 3. The molecule has 0 radical (unpaired) electrons. The molecule has 1 fully saturated rings. The van der Waals surface area contributed by atoms with Crippen molar-refractivity contribution in [3.05, 3.63) is 23.8 Å². The van der Waals surface area contributed by atoms with Crippen LogP contribution in [0.3, 0.4) is 0 Å². The maximum atomic E-state index is 11.9. The van der Waals surface area contributed by atoms with Crippen molar-refractivity contribution in [1.29, 1.82) is 0 Å². The van der Waals surface area contributed by atoms with Crippen LogP contribution >= 0.6 is 0 Å². The summed E-state index contributed by atoms with van der Waals surface area (Å²) in [5.41, 5.74) is 7.37. The molecule has 0 spiro atoms. The molecule has 0 saturated carbocycles. The van der Waals surface area contributed by atoms with Crippen LogP contribution in [-0.2, 0) is 20.7 Å². The molecule has 2 atom stereocenters. The van der Waals surface area contributed by atoms with Crippen molar-refractivity contribution < 1.29 is 24.2 Å². The molecule has 3 N–H and O–H groups in total. The first-order chi connectivity index (χ1) is 10.9. The minimum absolute atomic E-state index is 0.0659. The number of hydrogen-bond acceptors (Lipinski definition) is 5. The van der Waals surface area contributed by atoms with Gasteiger partial charge >= 0.3 is 6.09 Å². The van der Waals surface area contributed by atoms with Crippen LogP contribution in [-0.4, -0.2) is 48.3 Å². The van der Waals surface area contributed by atoms with E-state index in [2.05, 4.69) is 0 Å². The van der Waals surface area contributed by atoms with E-state index in [0.29, 0.717) is 12.1 Å². The number of primary amides is 1. The number of nitrogens with two attached hydrogens (primary N) is 1. The third-order valence-corrected chi connectivity index (χ3v) is 4.12. The first-order valence-corrected chi connectivity index (χ1v) is 7.25. The fourth-order valence-corrected chi connectivity index (χ4v) is 3.06. The molecule has 1 aromatic carbocycles. The number of cyclic esters (lactones) is 1. The third kappa shape index (κ3) is 2.50. The van der Waals surface area contributed by atoms with Crippen molar-refractivity contribution in [2.75, 3.05) is 23.0 Å². The van der Waals surface area contributed by atoms with Gasteiger partial charge in [0.1, 0.15) is 6.61 Å². The second kappa shape index (κ2) is 5.54. The number of aliphatic hydroxyl groups is 1. The molecule has 3 amide bonds. The molecule has 2 heterocycles. The van der Waals surface area contributed by atoms with Crippen molar-refractivity contribution in [3.63, 3.8) is 0 Å². The molecule has 1 aromatic rings. The van der Waals surface area contributed by atoms with Gasteiger partial charge in [0.05, 0.1) is 6.54 Å². The minimum atomic E-state index is -0.956. The zero-order chi connectivity index (χ0) is 16.7. The first kappa shape index (κ1) is 15.3. The Morgan fingerprint density at radius 2 is 2.17 bits per heavy atom. The second-order valence-electron chi connectivity index (χ2n) is 5.67. The van der Waals surface area contributed by atoms with Crippen molar-refractivity contribution in [2.24, 2.45) is 5.73 Å². The molecule has 0 aliphatic carbocycles. The van der Waals surface area contributed by atoms with Gasteiger partial charge in [0.25, 0.3) is 11.8 Å². The highest BCUT2D eigenvalue weighted by atomic mass is 16.6. The van der Waals surface area contributed by atoms with E-state index < -0.39 is 24.7 Å². The molecule has 0 bridgehead atoms. The van der Waals surface area contributed by atoms with Crippen LogP contribution in [0.2, 0.25) is 0 Å². The second-order valence-corrected chi connectivity index (χ2v) is 5.67. The maximum absolute atomic E-state index is 11.9. The van der Waals surface area contributed by atoms with Gasteiger partial charge in [-0.2, -0.15) is 0 Å². The quantitative estimate of drug-likeness (QED) is 0.799. The van der Waals surface area contributed by atoms with E-state index in [4.69, 9.17) is 15.6 Å². The molecular formula is C15H17N3O5. The lowest BCUT2D eigenvalue weighted by Crippen LogP contribution is -2.37. The van der Waals surface area contributed by atoms with Gasteiger partial charge in [0.15, 0.2) is 6.10 Å². The molecule has 1 unspecified atom stereocenters. The predicted molar refractivity (Wildman–Crippen MR) is 81.0 cm³/mol. The van der Waals surface area contributed by atoms with E-state index in [9.17, 15) is 14.4 Å². The number of fused-ring (bicyclic) bond motifs is 1. The lowest BCUT2D eigenvalue weighted by atomic mass is 10.1. The summed E-state index contributed by atoms with van der Waals surface area (Å²) in [5.74, 6) is -1.05. The Balaban J connectivity index is 1.89. The lowest BCUT2D eigenvalue weighted by molar-refractivity contribution is -0.124. The number of nitrogens with zero attached hydrogens (tertiary/aromatic N) is 2. The normalized spacial score (nSPS) is 23.0. The van der Waals surface area contributed by atoms with Gasteiger partial charge in [0.2, 0.25) is 0 Å². The Kier molecular flexibility index (Phi) is 3.69. The highest BCUT2D eigenvalue weighted by Gasteiger charge is 2.37. The standard InChI is InChI=1S/C15H17N3O5/c1-8-4-9-5-10(2-3-11(9)18(8)13(20)7-19)17-6-12(14(16)21)23-15(17)22/h2-3,5,8,12,19H,4,6-7H2,1H3,(H2,16,21)/t8-,12?/m1/s1. The van der Waals surface area contributed by atoms with Crippen LogP contribution in [0.4, 0.5) is 16.2 Å². The van der Waals surface area contributed by atoms with Crippen LogP contribution < -0.4 is 15.5 Å². The van der Waals surface area contributed by atoms with E-state index in [-0.39, 0.29) is 18.5 Å². The summed E-state index contributed by atoms with van der Waals surface area (Å²) in [5, 5.41) is 9.08. The number of ether oxygens (including phenoxy) is 1. The Hall–Kier alpha value is -2.61. The zero-order valence-corrected chi connectivity index (χ0v) is 12.6. The minimum Gasteiger partial charge on any atom is -0.434 e. The van der Waals surface area contributed by atoms with Crippen molar-refractivity contribution in [2.45, 2.75) is 25.5 Å². The number of carbonyl (C=O) groups excluding carboxylic acids is 3. The van der Waals surface area contributed by atoms with Gasteiger partial charge in [-0.05, 0) is 37.1 Å². The Bertz CT molecular complexity index is 690. The zero-order valence-electron chi connectivity index (χ0n) is 12.6. The van der Waals surface area contributed by atoms with Crippen LogP contribution in [0.5, 0.6) is 0 Å². The Labute approximate surface area is 132 Å². The van der Waals surface area contributed by atoms with Gasteiger partial charge in [-0.15, -0.1) is 0 Å². The third-order valence-electron chi connectivity index (χ3n) is 4.12. The van der Waals surface area contributed by atoms with Crippen LogP contribution in [0.1, 0.15) is 12.5 Å². The lowest BCUT2D eigenvalue weighted by Gasteiger charge is -2.22. The molecule has 2 aliphatic rings. The van der Waals surface area contributed by atoms with E-state index in [0.717, 1.165) is 11.3 Å². The summed E-state index contributed by atoms with van der Waals surface area (Å²) in [7, 11) is 0. The predicted octanol–water partition coefficient (Wildman–Crippen LogP) is -0.233. The molecule has 2 aliphatic heterocycles. The number of anilines is 2. The van der Waals surface area contributed by atoms with Gasteiger partial charge in [0, 0.05) is 17.4 Å². The maximum Gasteiger partial charge on any atom is 0.415 e. The fraction of sp³-hybridized carbons (Fsp3) is 0.400. The summed E-state index contributed by atoms with van der Waals surface area (Å²) in [6.45, 7) is 1.41. The molecule has 122 valence electrons. The van der Waals surface area contributed by atoms with Crippen LogP contribution in [0, 0.1) is 0 Å². The monoisotopic (exact) mass is 319 g/mol. The van der Waals surface area contributed by atoms with Gasteiger partial charge in [-0.1, -0.05) is 0 Å². The molecule has 1 saturated heterocycles. The largest absolute Gasteiger partial charge is 0.434 e. The summed E-state index contributed by atoms with van der Waals surface area (Å²) in [6.07, 6.45) is -0.956. The highest BCUT2D eigenvalue weighted by Crippen LogP contribution is 2.36. The van der Waals surface area contributed by atoms with E-state index in [1.54, 1.807) is 23.1 Å². The summed E-state index contributed by atoms with van der Waals surface area (Å²) >= 11 is 0. The molecule has 3 rings (SSSR count). The summed E-state index contributed by atoms with van der Waals surface area (Å²) < 4.78 is 4.92. The number of aliphatic hydroxyl groups excluding tert-OH is 1.